The average molecular weight is 951 g/mol. The minimum Gasteiger partial charge on any atom is -0.477 e. The summed E-state index contributed by atoms with van der Waals surface area (Å²) in [6.45, 7) is 0. The number of nitrogens with one attached hydrogen (secondary N) is 1. The third-order valence-electron chi connectivity index (χ3n) is 13.0. The highest BCUT2D eigenvalue weighted by atomic mass is 35.5. The van der Waals surface area contributed by atoms with Gasteiger partial charge < -0.3 is 29.0 Å². The predicted molar refractivity (Wildman–Crippen MR) is 247 cm³/mol. The van der Waals surface area contributed by atoms with Gasteiger partial charge in [-0.1, -0.05) is 14.9 Å². The highest BCUT2D eigenvalue weighted by Crippen LogP contribution is 2.65. The van der Waals surface area contributed by atoms with Gasteiger partial charge in [-0.2, -0.15) is 15.0 Å². The van der Waals surface area contributed by atoms with Crippen LogP contribution in [0.25, 0.3) is 33.1 Å². The third-order valence-corrected chi connectivity index (χ3v) is 13.5. The van der Waals surface area contributed by atoms with Gasteiger partial charge in [0.1, 0.15) is 28.3 Å². The number of carboxylic acids is 1. The van der Waals surface area contributed by atoms with E-state index in [9.17, 15) is 23.9 Å². The minimum atomic E-state index is -1.00. The van der Waals surface area contributed by atoms with Crippen molar-refractivity contribution in [3.8, 4) is 0 Å². The molecule has 6 aromatic rings. The molecule has 9 saturated carbocycles. The lowest BCUT2D eigenvalue weighted by molar-refractivity contribution is -0.0873. The fourth-order valence-corrected chi connectivity index (χ4v) is 10.5. The smallest absolute Gasteiger partial charge is 0.352 e. The summed E-state index contributed by atoms with van der Waals surface area (Å²) in [7, 11) is 6.29. The van der Waals surface area contributed by atoms with Gasteiger partial charge in [-0.05, 0) is 143 Å². The molecular weight excluding hydrogens is 895 g/mol. The Morgan fingerprint density at radius 2 is 1.05 bits per heavy atom. The second kappa shape index (κ2) is 18.6. The molecule has 9 aliphatic rings. The Hall–Kier alpha value is -4.48. The summed E-state index contributed by atoms with van der Waals surface area (Å²) in [5.41, 5.74) is 4.10. The quantitative estimate of drug-likeness (QED) is 0.120. The van der Waals surface area contributed by atoms with E-state index in [-0.39, 0.29) is 65.6 Å². The van der Waals surface area contributed by atoms with E-state index in [0.717, 1.165) is 90.0 Å². The second-order valence-corrected chi connectivity index (χ2v) is 18.1. The lowest BCUT2D eigenvalue weighted by atomic mass is 9.49. The maximum Gasteiger partial charge on any atom is 0.352 e. The van der Waals surface area contributed by atoms with Crippen LogP contribution in [0, 0.1) is 17.8 Å². The van der Waals surface area contributed by atoms with Crippen LogP contribution in [0.4, 0.5) is 4.39 Å². The molecule has 20 heteroatoms. The predicted octanol–water partition coefficient (Wildman–Crippen LogP) is 9.11. The van der Waals surface area contributed by atoms with Crippen molar-refractivity contribution in [3.63, 3.8) is 0 Å². The van der Waals surface area contributed by atoms with Crippen LogP contribution in [0.2, 0.25) is 15.9 Å². The number of aromatic nitrogens is 9. The highest BCUT2D eigenvalue weighted by molar-refractivity contribution is 6.29. The molecule has 6 aromatic heterocycles. The molecule has 0 aliphatic heterocycles. The zero-order valence-electron chi connectivity index (χ0n) is 34.9. The SMILES string of the molecule is C.C.CN(C)C(=O)c1cc2cnc(Cl)nc2n1C12CC(C1)C2.CNC.Cl.O=C(O)c1cc2cnc(Cl)nc2n1C12CC(C1)C2.O=Cc1cc2cnc(Cl)nc2n1C12CC(C1)C2.[2H]CF. The van der Waals surface area contributed by atoms with Crippen LogP contribution in [0.1, 0.15) is 105 Å². The molecule has 6 heterocycles. The van der Waals surface area contributed by atoms with Crippen molar-refractivity contribution in [2.75, 3.05) is 35.3 Å². The number of hydrogen-bond acceptors (Lipinski definition) is 10. The molecule has 0 atom stereocenters. The topological polar surface area (TPSA) is 179 Å². The molecule has 63 heavy (non-hydrogen) atoms. The Balaban J connectivity index is 0.000000167. The molecule has 1 amide bonds. The van der Waals surface area contributed by atoms with E-state index in [0.29, 0.717) is 22.7 Å². The fraction of sp³-hybridized carbons (Fsp3) is 0.512. The number of nitrogens with zero attached hydrogens (tertiary/aromatic N) is 10. The minimum absolute atomic E-state index is 0. The zero-order chi connectivity index (χ0) is 43.6. The van der Waals surface area contributed by atoms with Crippen LogP contribution < -0.4 is 5.32 Å². The van der Waals surface area contributed by atoms with Crippen LogP contribution in [0.5, 0.6) is 0 Å². The van der Waals surface area contributed by atoms with Crippen molar-refractivity contribution in [1.29, 1.82) is 0 Å². The maximum absolute atomic E-state index is 12.4. The number of fused-ring (bicyclic) bond motifs is 3. The molecule has 0 unspecified atom stereocenters. The standard InChI is InChI=1S/C14H15ClN4O.C12H10ClN3O2.C12H10ClN3O.C2H7N.CH3F.2CH4.ClH/c1-18(2)12(20)10-3-9-7-16-13(15)17-11(9)19(10)14-4-8(5-14)6-14;13-11-14-5-7-1-8(10(17)18)16(9(7)15-11)12-2-6(3-12)4-12;13-11-14-5-8-1-9(6-17)16(10(8)15-11)12-2-7(3-12)4-12;1-3-2;1-2;;;/h3,7-8H,4-6H2,1-2H3;1,5-6H,2-4H2,(H,17,18);1,5-7H,2-4H2;3H,1-2H3;1H3;2*1H4;1H/i;;;;1D;;;. The Morgan fingerprint density at radius 3 is 1.37 bits per heavy atom. The number of hydrogen-bond donors (Lipinski definition) is 2. The van der Waals surface area contributed by atoms with Crippen molar-refractivity contribution in [3.05, 3.63) is 69.7 Å². The van der Waals surface area contributed by atoms with Gasteiger partial charge in [0, 0.05) is 65.5 Å². The molecular formula is C43H54Cl4FN11O4. The summed E-state index contributed by atoms with van der Waals surface area (Å²) in [6.07, 6.45) is 16.0. The van der Waals surface area contributed by atoms with Gasteiger partial charge >= 0.3 is 5.97 Å². The van der Waals surface area contributed by atoms with E-state index in [1.165, 1.54) is 19.3 Å². The van der Waals surface area contributed by atoms with E-state index in [1.807, 2.05) is 30.8 Å². The lowest BCUT2D eigenvalue weighted by Crippen LogP contribution is -2.60. The Morgan fingerprint density at radius 1 is 0.730 bits per heavy atom. The number of alkyl halides is 1. The van der Waals surface area contributed by atoms with Gasteiger partial charge in [0.25, 0.3) is 5.91 Å². The van der Waals surface area contributed by atoms with E-state index < -0.39 is 13.1 Å². The van der Waals surface area contributed by atoms with Crippen molar-refractivity contribution in [2.24, 2.45) is 17.8 Å². The summed E-state index contributed by atoms with van der Waals surface area (Å²) >= 11 is 17.6. The number of amides is 1. The first-order chi connectivity index (χ1) is 29.1. The molecule has 0 spiro atoms. The Kier molecular flexibility index (Phi) is 14.1. The van der Waals surface area contributed by atoms with Crippen molar-refractivity contribution in [1.82, 2.24) is 53.8 Å². The zero-order valence-corrected chi connectivity index (χ0v) is 37.0. The molecule has 0 saturated heterocycles. The highest BCUT2D eigenvalue weighted by Gasteiger charge is 2.61. The van der Waals surface area contributed by atoms with E-state index in [2.05, 4.69) is 44.4 Å². The summed E-state index contributed by atoms with van der Waals surface area (Å²) in [5, 5.41) is 15.2. The number of aldehydes is 1. The molecule has 2 N–H and O–H groups in total. The molecule has 15 nitrogen and oxygen atoms in total. The Bertz CT molecular complexity index is 2660. The van der Waals surface area contributed by atoms with Crippen LogP contribution in [0.3, 0.4) is 0 Å². The van der Waals surface area contributed by atoms with E-state index in [4.69, 9.17) is 36.2 Å². The van der Waals surface area contributed by atoms with Gasteiger partial charge in [-0.25, -0.2) is 19.7 Å². The summed E-state index contributed by atoms with van der Waals surface area (Å²) in [4.78, 5) is 61.3. The molecule has 9 aliphatic carbocycles. The third kappa shape index (κ3) is 8.15. The van der Waals surface area contributed by atoms with Gasteiger partial charge in [0.15, 0.2) is 6.29 Å². The molecule has 0 aromatic carbocycles. The number of aromatic carboxylic acids is 1. The van der Waals surface area contributed by atoms with Crippen molar-refractivity contribution < 1.29 is 25.3 Å². The fourth-order valence-electron chi connectivity index (χ4n) is 10.1. The first-order valence-electron chi connectivity index (χ1n) is 20.3. The van der Waals surface area contributed by atoms with Crippen LogP contribution in [-0.2, 0) is 16.6 Å². The molecule has 9 fully saturated rings. The van der Waals surface area contributed by atoms with Crippen LogP contribution in [-0.4, -0.2) is 107 Å². The largest absolute Gasteiger partial charge is 0.477 e. The van der Waals surface area contributed by atoms with Gasteiger partial charge in [0.05, 0.1) is 14.2 Å². The van der Waals surface area contributed by atoms with E-state index >= 15 is 0 Å². The van der Waals surface area contributed by atoms with Crippen molar-refractivity contribution in [2.45, 2.75) is 89.3 Å². The van der Waals surface area contributed by atoms with Crippen molar-refractivity contribution >= 4 is 98.5 Å². The van der Waals surface area contributed by atoms with Crippen LogP contribution >= 0.6 is 47.2 Å². The average Bonchev–Trinajstić information content (AvgIpc) is 3.77. The first-order valence-corrected chi connectivity index (χ1v) is 20.7. The number of rotatable bonds is 6. The van der Waals surface area contributed by atoms with Gasteiger partial charge in [0.2, 0.25) is 15.9 Å². The Labute approximate surface area is 388 Å². The molecule has 6 bridgehead atoms. The molecule has 0 radical (unpaired) electrons. The maximum atomic E-state index is 12.4. The summed E-state index contributed by atoms with van der Waals surface area (Å²) in [5.74, 6) is 1.52. The van der Waals surface area contributed by atoms with Gasteiger partial charge in [-0.3, -0.25) is 14.0 Å². The van der Waals surface area contributed by atoms with Crippen LogP contribution in [0.15, 0.2) is 36.8 Å². The monoisotopic (exact) mass is 948 g/mol. The molecule has 340 valence electrons. The normalized spacial score (nSPS) is 25.5. The molecule has 15 rings (SSSR count). The first kappa shape index (κ1) is 48.0. The van der Waals surface area contributed by atoms with E-state index in [1.54, 1.807) is 43.7 Å². The number of halogens is 5. The number of carbonyl (C=O) groups is 3. The summed E-state index contributed by atoms with van der Waals surface area (Å²) < 4.78 is 21.5. The lowest BCUT2D eigenvalue weighted by Gasteiger charge is -2.62. The number of carbonyl (C=O) groups excluding carboxylic acids is 2. The summed E-state index contributed by atoms with van der Waals surface area (Å²) in [6, 6.07) is 5.36. The van der Waals surface area contributed by atoms with Gasteiger partial charge in [-0.15, -0.1) is 12.4 Å². The second-order valence-electron chi connectivity index (χ2n) is 17.1. The number of carboxylic acid groups (broad SMARTS) is 1.